The SMILES string of the molecule is Cc1cccc(CN2CCN(C(=O)C(C)C(N)c3ccccc3)CC2)c1. The van der Waals surface area contributed by atoms with Gasteiger partial charge in [0.15, 0.2) is 0 Å². The Labute approximate surface area is 156 Å². The topological polar surface area (TPSA) is 49.6 Å². The zero-order chi connectivity index (χ0) is 18.5. The zero-order valence-electron chi connectivity index (χ0n) is 15.8. The van der Waals surface area contributed by atoms with E-state index in [1.165, 1.54) is 11.1 Å². The monoisotopic (exact) mass is 351 g/mol. The van der Waals surface area contributed by atoms with Crippen LogP contribution in [0.25, 0.3) is 0 Å². The average Bonchev–Trinajstić information content (AvgIpc) is 2.67. The normalized spacial score (nSPS) is 17.7. The summed E-state index contributed by atoms with van der Waals surface area (Å²) in [5.74, 6) is -0.0442. The van der Waals surface area contributed by atoms with Gasteiger partial charge in [-0.05, 0) is 18.1 Å². The fourth-order valence-electron chi connectivity index (χ4n) is 3.60. The van der Waals surface area contributed by atoms with E-state index in [0.717, 1.165) is 38.3 Å². The van der Waals surface area contributed by atoms with E-state index < -0.39 is 0 Å². The molecular formula is C22H29N3O. The Morgan fingerprint density at radius 3 is 2.38 bits per heavy atom. The molecule has 26 heavy (non-hydrogen) atoms. The third kappa shape index (κ3) is 4.51. The Kier molecular flexibility index (Phi) is 6.07. The standard InChI is InChI=1S/C22H29N3O/c1-17-7-6-8-19(15-17)16-24-11-13-25(14-12-24)22(26)18(2)21(23)20-9-4-3-5-10-20/h3-10,15,18,21H,11-14,16,23H2,1-2H3. The van der Waals surface area contributed by atoms with Gasteiger partial charge < -0.3 is 10.6 Å². The lowest BCUT2D eigenvalue weighted by Crippen LogP contribution is -2.50. The van der Waals surface area contributed by atoms with E-state index in [9.17, 15) is 4.79 Å². The molecule has 0 spiro atoms. The summed E-state index contributed by atoms with van der Waals surface area (Å²) in [4.78, 5) is 17.2. The second-order valence-corrected chi connectivity index (χ2v) is 7.32. The van der Waals surface area contributed by atoms with E-state index >= 15 is 0 Å². The van der Waals surface area contributed by atoms with Crippen molar-refractivity contribution in [3.05, 3.63) is 71.3 Å². The van der Waals surface area contributed by atoms with Crippen LogP contribution in [-0.4, -0.2) is 41.9 Å². The van der Waals surface area contributed by atoms with Crippen molar-refractivity contribution in [2.75, 3.05) is 26.2 Å². The van der Waals surface area contributed by atoms with Crippen molar-refractivity contribution >= 4 is 5.91 Å². The number of rotatable bonds is 5. The molecule has 0 aliphatic carbocycles. The van der Waals surface area contributed by atoms with Crippen LogP contribution in [0.3, 0.4) is 0 Å². The lowest BCUT2D eigenvalue weighted by molar-refractivity contribution is -0.137. The third-order valence-electron chi connectivity index (χ3n) is 5.29. The molecule has 1 aliphatic rings. The molecule has 138 valence electrons. The Balaban J connectivity index is 1.53. The summed E-state index contributed by atoms with van der Waals surface area (Å²) in [6, 6.07) is 18.3. The number of nitrogens with two attached hydrogens (primary N) is 1. The Bertz CT molecular complexity index is 723. The molecule has 2 unspecified atom stereocenters. The second kappa shape index (κ2) is 8.47. The van der Waals surface area contributed by atoms with Crippen molar-refractivity contribution in [1.82, 2.24) is 9.80 Å². The van der Waals surface area contributed by atoms with Gasteiger partial charge >= 0.3 is 0 Å². The minimum atomic E-state index is -0.256. The molecule has 3 rings (SSSR count). The summed E-state index contributed by atoms with van der Waals surface area (Å²) in [6.07, 6.45) is 0. The predicted molar refractivity (Wildman–Crippen MR) is 106 cm³/mol. The summed E-state index contributed by atoms with van der Waals surface area (Å²) >= 11 is 0. The average molecular weight is 351 g/mol. The number of benzene rings is 2. The molecule has 4 heteroatoms. The molecule has 0 bridgehead atoms. The smallest absolute Gasteiger partial charge is 0.227 e. The van der Waals surface area contributed by atoms with Crippen LogP contribution in [0.4, 0.5) is 0 Å². The molecule has 1 fully saturated rings. The van der Waals surface area contributed by atoms with Gasteiger partial charge in [0.1, 0.15) is 0 Å². The van der Waals surface area contributed by atoms with E-state index in [2.05, 4.69) is 36.1 Å². The fraction of sp³-hybridized carbons (Fsp3) is 0.409. The van der Waals surface area contributed by atoms with Crippen molar-refractivity contribution < 1.29 is 4.79 Å². The first-order chi connectivity index (χ1) is 12.5. The lowest BCUT2D eigenvalue weighted by Gasteiger charge is -2.37. The highest BCUT2D eigenvalue weighted by atomic mass is 16.2. The highest BCUT2D eigenvalue weighted by Crippen LogP contribution is 2.22. The number of carbonyl (C=O) groups excluding carboxylic acids is 1. The van der Waals surface area contributed by atoms with E-state index in [1.807, 2.05) is 42.2 Å². The van der Waals surface area contributed by atoms with Gasteiger partial charge in [0.05, 0.1) is 5.92 Å². The van der Waals surface area contributed by atoms with Gasteiger partial charge in [-0.25, -0.2) is 0 Å². The number of carbonyl (C=O) groups is 1. The first-order valence-corrected chi connectivity index (χ1v) is 9.42. The van der Waals surface area contributed by atoms with Crippen LogP contribution >= 0.6 is 0 Å². The highest BCUT2D eigenvalue weighted by Gasteiger charge is 2.29. The molecule has 1 saturated heterocycles. The summed E-state index contributed by atoms with van der Waals surface area (Å²) in [6.45, 7) is 8.38. The third-order valence-corrected chi connectivity index (χ3v) is 5.29. The predicted octanol–water partition coefficient (Wildman–Crippen LogP) is 2.98. The largest absolute Gasteiger partial charge is 0.340 e. The zero-order valence-corrected chi connectivity index (χ0v) is 15.8. The van der Waals surface area contributed by atoms with Crippen LogP contribution in [0.5, 0.6) is 0 Å². The van der Waals surface area contributed by atoms with Crippen molar-refractivity contribution in [2.24, 2.45) is 11.7 Å². The van der Waals surface area contributed by atoms with Crippen LogP contribution in [0, 0.1) is 12.8 Å². The number of amides is 1. The number of piperazine rings is 1. The fourth-order valence-corrected chi connectivity index (χ4v) is 3.60. The maximum atomic E-state index is 12.8. The van der Waals surface area contributed by atoms with E-state index in [1.54, 1.807) is 0 Å². The summed E-state index contributed by atoms with van der Waals surface area (Å²) < 4.78 is 0. The minimum Gasteiger partial charge on any atom is -0.340 e. The van der Waals surface area contributed by atoms with Crippen LogP contribution in [0.2, 0.25) is 0 Å². The molecule has 2 N–H and O–H groups in total. The molecule has 4 nitrogen and oxygen atoms in total. The van der Waals surface area contributed by atoms with Crippen molar-refractivity contribution in [3.63, 3.8) is 0 Å². The Morgan fingerprint density at radius 2 is 1.73 bits per heavy atom. The summed E-state index contributed by atoms with van der Waals surface area (Å²) in [7, 11) is 0. The quantitative estimate of drug-likeness (QED) is 0.901. The first-order valence-electron chi connectivity index (χ1n) is 9.42. The van der Waals surface area contributed by atoms with Gasteiger partial charge in [-0.15, -0.1) is 0 Å². The van der Waals surface area contributed by atoms with Crippen LogP contribution in [-0.2, 0) is 11.3 Å². The van der Waals surface area contributed by atoms with E-state index in [4.69, 9.17) is 5.73 Å². The van der Waals surface area contributed by atoms with Crippen LogP contribution in [0.1, 0.15) is 29.7 Å². The van der Waals surface area contributed by atoms with Gasteiger partial charge in [-0.3, -0.25) is 9.69 Å². The van der Waals surface area contributed by atoms with E-state index in [-0.39, 0.29) is 17.9 Å². The molecule has 2 aromatic carbocycles. The summed E-state index contributed by atoms with van der Waals surface area (Å²) in [5.41, 5.74) is 9.98. The molecule has 1 aliphatic heterocycles. The molecule has 1 heterocycles. The van der Waals surface area contributed by atoms with Gasteiger partial charge in [-0.2, -0.15) is 0 Å². The molecule has 2 atom stereocenters. The lowest BCUT2D eigenvalue weighted by atomic mass is 9.94. The van der Waals surface area contributed by atoms with Gasteiger partial charge in [-0.1, -0.05) is 67.1 Å². The van der Waals surface area contributed by atoms with Gasteiger partial charge in [0.25, 0.3) is 0 Å². The van der Waals surface area contributed by atoms with Crippen LogP contribution in [0.15, 0.2) is 54.6 Å². The first kappa shape index (κ1) is 18.6. The van der Waals surface area contributed by atoms with E-state index in [0.29, 0.717) is 0 Å². The second-order valence-electron chi connectivity index (χ2n) is 7.32. The number of hydrogen-bond donors (Lipinski definition) is 1. The van der Waals surface area contributed by atoms with Crippen molar-refractivity contribution in [3.8, 4) is 0 Å². The minimum absolute atomic E-state index is 0.163. The summed E-state index contributed by atoms with van der Waals surface area (Å²) in [5, 5.41) is 0. The molecule has 0 saturated carbocycles. The number of aryl methyl sites for hydroxylation is 1. The molecule has 2 aromatic rings. The van der Waals surface area contributed by atoms with Gasteiger partial charge in [0, 0.05) is 38.8 Å². The van der Waals surface area contributed by atoms with Crippen LogP contribution < -0.4 is 5.73 Å². The van der Waals surface area contributed by atoms with Crippen molar-refractivity contribution in [2.45, 2.75) is 26.4 Å². The molecule has 0 aromatic heterocycles. The number of nitrogens with zero attached hydrogens (tertiary/aromatic N) is 2. The van der Waals surface area contributed by atoms with Crippen molar-refractivity contribution in [1.29, 1.82) is 0 Å². The molecule has 0 radical (unpaired) electrons. The number of hydrogen-bond acceptors (Lipinski definition) is 3. The maximum Gasteiger partial charge on any atom is 0.227 e. The Morgan fingerprint density at radius 1 is 1.04 bits per heavy atom. The highest BCUT2D eigenvalue weighted by molar-refractivity contribution is 5.79. The Hall–Kier alpha value is -2.17. The molecule has 1 amide bonds. The van der Waals surface area contributed by atoms with Gasteiger partial charge in [0.2, 0.25) is 5.91 Å². The maximum absolute atomic E-state index is 12.8. The molecular weight excluding hydrogens is 322 g/mol.